The molecule has 1 aromatic rings. The van der Waals surface area contributed by atoms with Gasteiger partial charge < -0.3 is 21.6 Å². The lowest BCUT2D eigenvalue weighted by molar-refractivity contribution is -0.884. The third-order valence-corrected chi connectivity index (χ3v) is 6.46. The smallest absolute Gasteiger partial charge is 0.311 e. The summed E-state index contributed by atoms with van der Waals surface area (Å²) in [4.78, 5) is 23.5. The lowest BCUT2D eigenvalue weighted by atomic mass is 9.84. The summed E-state index contributed by atoms with van der Waals surface area (Å²) < 4.78 is 6.14. The molecule has 0 heterocycles. The highest BCUT2D eigenvalue weighted by atomic mass is 35.5. The van der Waals surface area contributed by atoms with Crippen LogP contribution in [0.2, 0.25) is 0 Å². The zero-order chi connectivity index (χ0) is 25.2. The Kier molecular flexibility index (Phi) is 20.9. The molecule has 1 rings (SSSR count). The quantitative estimate of drug-likeness (QED) is 0.306. The molecule has 208 valence electrons. The number of ketones is 1. The van der Waals surface area contributed by atoms with Gasteiger partial charge in [-0.25, -0.2) is 0 Å². The van der Waals surface area contributed by atoms with Gasteiger partial charge in [-0.2, -0.15) is 0 Å². The Morgan fingerprint density at radius 1 is 0.886 bits per heavy atom. The molecule has 0 N–H and O–H groups in total. The van der Waals surface area contributed by atoms with Crippen LogP contribution in [0.5, 0.6) is 0 Å². The zero-order valence-corrected chi connectivity index (χ0v) is 23.9. The summed E-state index contributed by atoms with van der Waals surface area (Å²) >= 11 is 0. The summed E-state index contributed by atoms with van der Waals surface area (Å²) in [5, 5.41) is 0. The molecule has 5 heteroatoms. The van der Waals surface area contributed by atoms with E-state index >= 15 is 0 Å². The van der Waals surface area contributed by atoms with Crippen molar-refractivity contribution in [2.24, 2.45) is 10.8 Å². The van der Waals surface area contributed by atoms with Crippen LogP contribution in [0.4, 0.5) is 0 Å². The Bertz CT molecular complexity index is 675. The first kappa shape index (κ1) is 40.8. The van der Waals surface area contributed by atoms with E-state index in [9.17, 15) is 9.59 Å². The minimum Gasteiger partial charge on any atom is -1.00 e. The summed E-state index contributed by atoms with van der Waals surface area (Å²) in [5.41, 5.74) is 2.12. The molecule has 0 radical (unpaired) electrons. The number of carbonyl (C=O) groups is 2. The number of Topliss-reactive ketones (excluding diaryl/α,β-unsaturated/α-hetero) is 1. The maximum Gasteiger partial charge on any atom is 0.311 e. The van der Waals surface area contributed by atoms with E-state index in [0.29, 0.717) is 12.3 Å². The predicted molar refractivity (Wildman–Crippen MR) is 149 cm³/mol. The first-order valence-electron chi connectivity index (χ1n) is 12.2. The van der Waals surface area contributed by atoms with Gasteiger partial charge in [0.2, 0.25) is 0 Å². The molecular formula is C30H58ClNO3. The number of carbonyl (C=O) groups excluding carboxylic acids is 2. The van der Waals surface area contributed by atoms with Gasteiger partial charge in [-0.3, -0.25) is 9.59 Å². The molecule has 0 bridgehead atoms. The van der Waals surface area contributed by atoms with Crippen LogP contribution in [0.1, 0.15) is 113 Å². The molecule has 1 atom stereocenters. The van der Waals surface area contributed by atoms with Crippen molar-refractivity contribution >= 4 is 11.8 Å². The predicted octanol–water partition coefficient (Wildman–Crippen LogP) is 5.04. The molecule has 1 unspecified atom stereocenters. The molecule has 0 aromatic heterocycles. The van der Waals surface area contributed by atoms with Crippen LogP contribution < -0.4 is 12.4 Å². The molecular weight excluding hydrogens is 458 g/mol. The van der Waals surface area contributed by atoms with Crippen molar-refractivity contribution in [3.8, 4) is 0 Å². The fraction of sp³-hybridized carbons (Fsp3) is 0.733. The van der Waals surface area contributed by atoms with Crippen molar-refractivity contribution in [1.29, 1.82) is 0 Å². The standard InChI is InChI=1S/C14H24N.C14H26O3.2CH4.ClH/c1-6-12(2)14-9-7-13(8-10-14)11-15(3,4)5;1-7-13(3,4)11(15)9-10-17-12(16)14(5,6)8-2;;;/h7-10,12H,6,11H2,1-5H3;7-10H2,1-6H3;2*1H4;1H/q+1;;;;/p-1. The molecule has 0 saturated heterocycles. The van der Waals surface area contributed by atoms with Gasteiger partial charge in [0.15, 0.2) is 0 Å². The fourth-order valence-electron chi connectivity index (χ4n) is 2.85. The van der Waals surface area contributed by atoms with Crippen LogP contribution in [0.25, 0.3) is 0 Å². The van der Waals surface area contributed by atoms with Gasteiger partial charge in [-0.15, -0.1) is 0 Å². The van der Waals surface area contributed by atoms with E-state index in [2.05, 4.69) is 59.3 Å². The van der Waals surface area contributed by atoms with Gasteiger partial charge in [0, 0.05) is 17.4 Å². The second-order valence-electron chi connectivity index (χ2n) is 11.3. The van der Waals surface area contributed by atoms with Crippen molar-refractivity contribution < 1.29 is 31.2 Å². The summed E-state index contributed by atoms with van der Waals surface area (Å²) in [5.74, 6) is 0.618. The van der Waals surface area contributed by atoms with Gasteiger partial charge in [-0.1, -0.05) is 80.7 Å². The van der Waals surface area contributed by atoms with Crippen LogP contribution in [-0.4, -0.2) is 44.0 Å². The molecule has 0 fully saturated rings. The molecule has 0 amide bonds. The van der Waals surface area contributed by atoms with Gasteiger partial charge in [0.05, 0.1) is 33.2 Å². The number of esters is 1. The fourth-order valence-corrected chi connectivity index (χ4v) is 2.85. The van der Waals surface area contributed by atoms with Crippen LogP contribution in [0, 0.1) is 10.8 Å². The number of halogens is 1. The van der Waals surface area contributed by atoms with Crippen molar-refractivity contribution in [3.05, 3.63) is 35.4 Å². The molecule has 4 nitrogen and oxygen atoms in total. The van der Waals surface area contributed by atoms with Crippen LogP contribution in [0.15, 0.2) is 24.3 Å². The Labute approximate surface area is 225 Å². The number of ether oxygens (including phenoxy) is 1. The van der Waals surface area contributed by atoms with Crippen molar-refractivity contribution in [2.45, 2.75) is 108 Å². The second-order valence-corrected chi connectivity index (χ2v) is 11.3. The maximum absolute atomic E-state index is 11.8. The highest BCUT2D eigenvalue weighted by molar-refractivity contribution is 5.84. The maximum atomic E-state index is 11.8. The van der Waals surface area contributed by atoms with E-state index in [1.165, 1.54) is 17.5 Å². The minimum atomic E-state index is -0.455. The average molecular weight is 516 g/mol. The Morgan fingerprint density at radius 2 is 1.34 bits per heavy atom. The normalized spacial score (nSPS) is 12.0. The average Bonchev–Trinajstić information content (AvgIpc) is 2.72. The molecule has 1 aromatic carbocycles. The summed E-state index contributed by atoms with van der Waals surface area (Å²) in [6, 6.07) is 9.09. The van der Waals surface area contributed by atoms with E-state index in [1.807, 2.05) is 41.5 Å². The highest BCUT2D eigenvalue weighted by Crippen LogP contribution is 2.24. The number of nitrogens with zero attached hydrogens (tertiary/aromatic N) is 1. The van der Waals surface area contributed by atoms with Crippen molar-refractivity contribution in [3.63, 3.8) is 0 Å². The second kappa shape index (κ2) is 17.9. The van der Waals surface area contributed by atoms with Gasteiger partial charge in [0.1, 0.15) is 12.3 Å². The van der Waals surface area contributed by atoms with Crippen molar-refractivity contribution in [1.82, 2.24) is 0 Å². The van der Waals surface area contributed by atoms with Gasteiger partial charge >= 0.3 is 5.97 Å². The Hall–Kier alpha value is -1.39. The monoisotopic (exact) mass is 515 g/mol. The van der Waals surface area contributed by atoms with E-state index in [0.717, 1.165) is 23.9 Å². The third-order valence-electron chi connectivity index (χ3n) is 6.46. The number of quaternary nitrogens is 1. The number of hydrogen-bond acceptors (Lipinski definition) is 3. The van der Waals surface area contributed by atoms with Crippen LogP contribution >= 0.6 is 0 Å². The molecule has 35 heavy (non-hydrogen) atoms. The number of rotatable bonds is 11. The molecule has 0 aliphatic carbocycles. The Balaban J connectivity index is -0.000000254. The summed E-state index contributed by atoms with van der Waals surface area (Å²) in [6.45, 7) is 17.3. The van der Waals surface area contributed by atoms with Crippen molar-refractivity contribution in [2.75, 3.05) is 27.7 Å². The van der Waals surface area contributed by atoms with E-state index in [-0.39, 0.29) is 51.0 Å². The lowest BCUT2D eigenvalue weighted by Gasteiger charge is -2.24. The summed E-state index contributed by atoms with van der Waals surface area (Å²) in [7, 11) is 6.67. The molecule has 0 aliphatic heterocycles. The van der Waals surface area contributed by atoms with Gasteiger partial charge in [0.25, 0.3) is 0 Å². The lowest BCUT2D eigenvalue weighted by Crippen LogP contribution is -3.00. The van der Waals surface area contributed by atoms with Crippen LogP contribution in [-0.2, 0) is 20.9 Å². The number of benzene rings is 1. The molecule has 0 spiro atoms. The SMILES string of the molecule is C.C.CCC(C)(C)C(=O)CCOC(=O)C(C)(C)CC.CCC(C)c1ccc(C[N+](C)(C)C)cc1.[Cl-]. The minimum absolute atomic E-state index is 0. The van der Waals surface area contributed by atoms with E-state index < -0.39 is 5.41 Å². The Morgan fingerprint density at radius 3 is 1.71 bits per heavy atom. The largest absolute Gasteiger partial charge is 1.00 e. The van der Waals surface area contributed by atoms with E-state index in [1.54, 1.807) is 0 Å². The topological polar surface area (TPSA) is 43.4 Å². The first-order valence-corrected chi connectivity index (χ1v) is 12.2. The van der Waals surface area contributed by atoms with Gasteiger partial charge in [-0.05, 0) is 44.6 Å². The highest BCUT2D eigenvalue weighted by Gasteiger charge is 2.28. The third kappa shape index (κ3) is 16.1. The van der Waals surface area contributed by atoms with E-state index in [4.69, 9.17) is 4.74 Å². The zero-order valence-electron chi connectivity index (χ0n) is 23.2. The molecule has 0 saturated carbocycles. The molecule has 0 aliphatic rings. The first-order chi connectivity index (χ1) is 14.6. The number of hydrogen-bond donors (Lipinski definition) is 0. The summed E-state index contributed by atoms with van der Waals surface area (Å²) in [6.07, 6.45) is 3.07. The van der Waals surface area contributed by atoms with Crippen LogP contribution in [0.3, 0.4) is 0 Å².